The van der Waals surface area contributed by atoms with Crippen molar-refractivity contribution in [2.24, 2.45) is 5.14 Å². The highest BCUT2D eigenvalue weighted by Gasteiger charge is 2.20. The highest BCUT2D eigenvalue weighted by atomic mass is 79.9. The lowest BCUT2D eigenvalue weighted by Gasteiger charge is -2.15. The first-order valence-electron chi connectivity index (χ1n) is 5.86. The van der Waals surface area contributed by atoms with Gasteiger partial charge in [0.05, 0.1) is 6.54 Å². The molecular weight excluding hydrogens is 350 g/mol. The third-order valence-electron chi connectivity index (χ3n) is 2.78. The van der Waals surface area contributed by atoms with Gasteiger partial charge < -0.3 is 15.0 Å². The molecule has 1 heterocycles. The molecule has 2 amide bonds. The monoisotopic (exact) mass is 363 g/mol. The van der Waals surface area contributed by atoms with Crippen LogP contribution in [0.15, 0.2) is 27.6 Å². The number of primary sulfonamides is 1. The molecule has 0 bridgehead atoms. The van der Waals surface area contributed by atoms with Crippen LogP contribution in [0.2, 0.25) is 0 Å². The minimum atomic E-state index is -3.86. The van der Waals surface area contributed by atoms with Gasteiger partial charge in [0, 0.05) is 17.6 Å². The van der Waals surface area contributed by atoms with Crippen LogP contribution in [0.25, 0.3) is 0 Å². The Labute approximate surface area is 125 Å². The second-order valence-corrected chi connectivity index (χ2v) is 6.65. The zero-order valence-electron chi connectivity index (χ0n) is 10.5. The third-order valence-corrected chi connectivity index (χ3v) is 4.20. The number of ether oxygens (including phenoxy) is 1. The Morgan fingerprint density at radius 2 is 2.20 bits per heavy atom. The lowest BCUT2D eigenvalue weighted by atomic mass is 10.3. The fourth-order valence-electron chi connectivity index (χ4n) is 1.81. The van der Waals surface area contributed by atoms with Crippen LogP contribution >= 0.6 is 15.9 Å². The van der Waals surface area contributed by atoms with Crippen molar-refractivity contribution in [3.8, 4) is 5.75 Å². The summed E-state index contributed by atoms with van der Waals surface area (Å²) in [4.78, 5) is 12.8. The molecule has 0 spiro atoms. The van der Waals surface area contributed by atoms with E-state index in [4.69, 9.17) is 9.88 Å². The van der Waals surface area contributed by atoms with Crippen LogP contribution in [0.4, 0.5) is 4.79 Å². The number of nitrogens with one attached hydrogen (secondary N) is 1. The second-order valence-electron chi connectivity index (χ2n) is 4.20. The zero-order valence-corrected chi connectivity index (χ0v) is 12.9. The van der Waals surface area contributed by atoms with E-state index in [1.165, 1.54) is 12.1 Å². The molecule has 0 atom stereocenters. The first kappa shape index (κ1) is 15.1. The van der Waals surface area contributed by atoms with Gasteiger partial charge in [-0.15, -0.1) is 0 Å². The Morgan fingerprint density at radius 1 is 1.45 bits per heavy atom. The second kappa shape index (κ2) is 5.98. The normalized spacial score (nSPS) is 15.3. The van der Waals surface area contributed by atoms with Crippen LogP contribution in [0.5, 0.6) is 5.75 Å². The molecule has 0 unspecified atom stereocenters. The topological polar surface area (TPSA) is 102 Å². The number of halogens is 1. The summed E-state index contributed by atoms with van der Waals surface area (Å²) in [5, 5.41) is 7.81. The first-order valence-corrected chi connectivity index (χ1v) is 8.20. The predicted octanol–water partition coefficient (Wildman–Crippen LogP) is 0.501. The minimum absolute atomic E-state index is 0.0854. The number of nitrogens with zero attached hydrogens (tertiary/aromatic N) is 1. The number of amides is 2. The number of carbonyl (C=O) groups excluding carboxylic acids is 1. The van der Waals surface area contributed by atoms with Gasteiger partial charge in [0.1, 0.15) is 17.3 Å². The number of benzene rings is 1. The van der Waals surface area contributed by atoms with Gasteiger partial charge in [0.2, 0.25) is 10.0 Å². The van der Waals surface area contributed by atoms with Crippen molar-refractivity contribution in [1.82, 2.24) is 10.2 Å². The molecule has 3 N–H and O–H groups in total. The molecule has 7 nitrogen and oxygen atoms in total. The maximum absolute atomic E-state index is 11.5. The van der Waals surface area contributed by atoms with Gasteiger partial charge in [0.15, 0.2) is 0 Å². The van der Waals surface area contributed by atoms with Gasteiger partial charge in [-0.05, 0) is 18.2 Å². The maximum Gasteiger partial charge on any atom is 0.317 e. The van der Waals surface area contributed by atoms with Gasteiger partial charge in [0.25, 0.3) is 0 Å². The third kappa shape index (κ3) is 3.62. The van der Waals surface area contributed by atoms with E-state index in [0.29, 0.717) is 24.1 Å². The highest BCUT2D eigenvalue weighted by molar-refractivity contribution is 9.10. The lowest BCUT2D eigenvalue weighted by molar-refractivity contribution is 0.201. The van der Waals surface area contributed by atoms with E-state index in [2.05, 4.69) is 21.2 Å². The Bertz CT molecular complexity index is 620. The van der Waals surface area contributed by atoms with Crippen LogP contribution in [-0.4, -0.2) is 45.6 Å². The molecule has 1 aromatic carbocycles. The fraction of sp³-hybridized carbons (Fsp3) is 0.364. The van der Waals surface area contributed by atoms with Crippen LogP contribution < -0.4 is 15.2 Å². The van der Waals surface area contributed by atoms with Gasteiger partial charge in [-0.3, -0.25) is 0 Å². The molecule has 0 aliphatic carbocycles. The van der Waals surface area contributed by atoms with E-state index in [-0.39, 0.29) is 23.3 Å². The molecule has 0 radical (unpaired) electrons. The van der Waals surface area contributed by atoms with E-state index >= 15 is 0 Å². The Kier molecular flexibility index (Phi) is 4.51. The smallest absolute Gasteiger partial charge is 0.317 e. The molecule has 0 saturated carbocycles. The van der Waals surface area contributed by atoms with Crippen LogP contribution in [0.1, 0.15) is 0 Å². The number of rotatable bonds is 5. The molecule has 2 rings (SSSR count). The SMILES string of the molecule is NS(=O)(=O)c1cc(Br)ccc1OCCN1CCNC1=O. The van der Waals surface area contributed by atoms with Crippen molar-refractivity contribution in [3.63, 3.8) is 0 Å². The van der Waals surface area contributed by atoms with Crippen LogP contribution in [0, 0.1) is 0 Å². The largest absolute Gasteiger partial charge is 0.490 e. The summed E-state index contributed by atoms with van der Waals surface area (Å²) in [7, 11) is -3.86. The summed E-state index contributed by atoms with van der Waals surface area (Å²) >= 11 is 3.18. The molecule has 1 fully saturated rings. The molecular formula is C11H14BrN3O4S. The van der Waals surface area contributed by atoms with Gasteiger partial charge in [-0.1, -0.05) is 15.9 Å². The van der Waals surface area contributed by atoms with Crippen molar-refractivity contribution in [1.29, 1.82) is 0 Å². The van der Waals surface area contributed by atoms with Crippen LogP contribution in [-0.2, 0) is 10.0 Å². The van der Waals surface area contributed by atoms with E-state index in [0.717, 1.165) is 0 Å². The summed E-state index contributed by atoms with van der Waals surface area (Å²) < 4.78 is 29.0. The molecule has 0 aromatic heterocycles. The number of urea groups is 1. The Balaban J connectivity index is 2.04. The van der Waals surface area contributed by atoms with E-state index < -0.39 is 10.0 Å². The van der Waals surface area contributed by atoms with Crippen molar-refractivity contribution in [3.05, 3.63) is 22.7 Å². The van der Waals surface area contributed by atoms with Gasteiger partial charge >= 0.3 is 6.03 Å². The van der Waals surface area contributed by atoms with Crippen molar-refractivity contribution >= 4 is 32.0 Å². The summed E-state index contributed by atoms with van der Waals surface area (Å²) in [6.07, 6.45) is 0. The van der Waals surface area contributed by atoms with Crippen LogP contribution in [0.3, 0.4) is 0 Å². The average molecular weight is 364 g/mol. The zero-order chi connectivity index (χ0) is 14.8. The highest BCUT2D eigenvalue weighted by Crippen LogP contribution is 2.26. The van der Waals surface area contributed by atoms with Crippen molar-refractivity contribution < 1.29 is 17.9 Å². The molecule has 110 valence electrons. The Morgan fingerprint density at radius 3 is 2.80 bits per heavy atom. The number of nitrogens with two attached hydrogens (primary N) is 1. The number of sulfonamides is 1. The first-order chi connectivity index (χ1) is 9.38. The van der Waals surface area contributed by atoms with E-state index in [1.54, 1.807) is 11.0 Å². The predicted molar refractivity (Wildman–Crippen MR) is 76.0 cm³/mol. The summed E-state index contributed by atoms with van der Waals surface area (Å²) in [5.41, 5.74) is 0. The lowest BCUT2D eigenvalue weighted by Crippen LogP contribution is -2.32. The molecule has 1 aliphatic heterocycles. The molecule has 1 saturated heterocycles. The van der Waals surface area contributed by atoms with Crippen molar-refractivity contribution in [2.45, 2.75) is 4.90 Å². The summed E-state index contributed by atoms with van der Waals surface area (Å²) in [6, 6.07) is 4.42. The summed E-state index contributed by atoms with van der Waals surface area (Å²) in [6.45, 7) is 1.80. The van der Waals surface area contributed by atoms with E-state index in [1.807, 2.05) is 0 Å². The number of hydrogen-bond donors (Lipinski definition) is 2. The molecule has 1 aromatic rings. The number of hydrogen-bond acceptors (Lipinski definition) is 4. The molecule has 9 heteroatoms. The maximum atomic E-state index is 11.5. The average Bonchev–Trinajstić information content (AvgIpc) is 2.76. The molecule has 1 aliphatic rings. The van der Waals surface area contributed by atoms with Gasteiger partial charge in [-0.2, -0.15) is 0 Å². The fourth-order valence-corrected chi connectivity index (χ4v) is 3.03. The number of carbonyl (C=O) groups is 1. The minimum Gasteiger partial charge on any atom is -0.490 e. The molecule has 20 heavy (non-hydrogen) atoms. The standard InChI is InChI=1S/C11H14BrN3O4S/c12-8-1-2-9(10(7-8)20(13,17)18)19-6-5-15-4-3-14-11(15)16/h1-2,7H,3-6H2,(H,14,16)(H2,13,17,18). The van der Waals surface area contributed by atoms with Gasteiger partial charge in [-0.25, -0.2) is 18.4 Å². The van der Waals surface area contributed by atoms with Crippen molar-refractivity contribution in [2.75, 3.05) is 26.2 Å². The summed E-state index contributed by atoms with van der Waals surface area (Å²) in [5.74, 6) is 0.176. The van der Waals surface area contributed by atoms with E-state index in [9.17, 15) is 13.2 Å². The Hall–Kier alpha value is -1.32. The quantitative estimate of drug-likeness (QED) is 0.794.